The van der Waals surface area contributed by atoms with Gasteiger partial charge in [0.2, 0.25) is 0 Å². The summed E-state index contributed by atoms with van der Waals surface area (Å²) in [5.74, 6) is -0.167. The lowest BCUT2D eigenvalue weighted by molar-refractivity contribution is -0.139. The lowest BCUT2D eigenvalue weighted by Crippen LogP contribution is -2.29. The van der Waals surface area contributed by atoms with E-state index in [1.807, 2.05) is 0 Å². The van der Waals surface area contributed by atoms with Crippen LogP contribution in [0.5, 0.6) is 11.5 Å². The quantitative estimate of drug-likeness (QED) is 0.705. The van der Waals surface area contributed by atoms with Crippen molar-refractivity contribution in [2.24, 2.45) is 5.92 Å². The van der Waals surface area contributed by atoms with Crippen LogP contribution in [-0.4, -0.2) is 29.8 Å². The molecule has 1 rings (SSSR count). The molecule has 1 aromatic rings. The summed E-state index contributed by atoms with van der Waals surface area (Å²) in [6.45, 7) is 4.79. The summed E-state index contributed by atoms with van der Waals surface area (Å²) in [6.07, 6.45) is 0.902. The SMILES string of the molecule is COc1cc(C(NCCC(C)C)C(=O)O)ccc1O. The van der Waals surface area contributed by atoms with Gasteiger partial charge in [-0.2, -0.15) is 0 Å². The van der Waals surface area contributed by atoms with E-state index in [-0.39, 0.29) is 11.5 Å². The number of carboxylic acids is 1. The second kappa shape index (κ2) is 6.99. The molecule has 1 atom stereocenters. The Kier molecular flexibility index (Phi) is 5.63. The van der Waals surface area contributed by atoms with Crippen LogP contribution < -0.4 is 10.1 Å². The van der Waals surface area contributed by atoms with E-state index in [2.05, 4.69) is 19.2 Å². The number of rotatable bonds is 7. The summed E-state index contributed by atoms with van der Waals surface area (Å²) in [5, 5.41) is 21.8. The third-order valence-electron chi connectivity index (χ3n) is 2.85. The van der Waals surface area contributed by atoms with Crippen molar-refractivity contribution in [3.8, 4) is 11.5 Å². The minimum atomic E-state index is -0.948. The van der Waals surface area contributed by atoms with Crippen molar-refractivity contribution in [1.29, 1.82) is 0 Å². The zero-order valence-electron chi connectivity index (χ0n) is 11.5. The topological polar surface area (TPSA) is 78.8 Å². The largest absolute Gasteiger partial charge is 0.504 e. The number of phenolic OH excluding ortho intramolecular Hbond substituents is 1. The lowest BCUT2D eigenvalue weighted by atomic mass is 10.1. The van der Waals surface area contributed by atoms with Crippen molar-refractivity contribution in [2.45, 2.75) is 26.3 Å². The van der Waals surface area contributed by atoms with E-state index >= 15 is 0 Å². The molecule has 0 saturated heterocycles. The maximum absolute atomic E-state index is 11.3. The molecule has 0 fully saturated rings. The van der Waals surface area contributed by atoms with Crippen LogP contribution >= 0.6 is 0 Å². The van der Waals surface area contributed by atoms with Crippen LogP contribution in [0.3, 0.4) is 0 Å². The maximum Gasteiger partial charge on any atom is 0.325 e. The molecule has 0 amide bonds. The molecule has 0 heterocycles. The van der Waals surface area contributed by atoms with Gasteiger partial charge in [-0.3, -0.25) is 4.79 Å². The average Bonchev–Trinajstić information content (AvgIpc) is 2.35. The van der Waals surface area contributed by atoms with Crippen LogP contribution in [0.4, 0.5) is 0 Å². The van der Waals surface area contributed by atoms with E-state index in [0.29, 0.717) is 18.0 Å². The molecule has 1 aromatic carbocycles. The number of hydrogen-bond acceptors (Lipinski definition) is 4. The monoisotopic (exact) mass is 267 g/mol. The minimum Gasteiger partial charge on any atom is -0.504 e. The first-order valence-corrected chi connectivity index (χ1v) is 6.28. The van der Waals surface area contributed by atoms with Gasteiger partial charge < -0.3 is 20.3 Å². The molecule has 1 unspecified atom stereocenters. The fourth-order valence-electron chi connectivity index (χ4n) is 1.74. The number of ether oxygens (including phenoxy) is 1. The highest BCUT2D eigenvalue weighted by molar-refractivity contribution is 5.76. The Balaban J connectivity index is 2.84. The Hall–Kier alpha value is -1.75. The molecule has 0 aliphatic rings. The molecule has 106 valence electrons. The molecular weight excluding hydrogens is 246 g/mol. The summed E-state index contributed by atoms with van der Waals surface area (Å²) >= 11 is 0. The molecule has 0 aliphatic heterocycles. The molecular formula is C14H21NO4. The van der Waals surface area contributed by atoms with Gasteiger partial charge in [-0.25, -0.2) is 0 Å². The highest BCUT2D eigenvalue weighted by Crippen LogP contribution is 2.29. The molecule has 0 aromatic heterocycles. The van der Waals surface area contributed by atoms with Gasteiger partial charge in [0.25, 0.3) is 0 Å². The van der Waals surface area contributed by atoms with E-state index in [1.165, 1.54) is 19.2 Å². The van der Waals surface area contributed by atoms with Crippen molar-refractivity contribution >= 4 is 5.97 Å². The van der Waals surface area contributed by atoms with Crippen molar-refractivity contribution in [3.05, 3.63) is 23.8 Å². The zero-order valence-corrected chi connectivity index (χ0v) is 11.5. The lowest BCUT2D eigenvalue weighted by Gasteiger charge is -2.16. The Morgan fingerprint density at radius 1 is 1.42 bits per heavy atom. The van der Waals surface area contributed by atoms with Gasteiger partial charge in [0, 0.05) is 0 Å². The van der Waals surface area contributed by atoms with Crippen molar-refractivity contribution in [2.75, 3.05) is 13.7 Å². The predicted octanol–water partition coefficient (Wildman–Crippen LogP) is 2.16. The fourth-order valence-corrected chi connectivity index (χ4v) is 1.74. The number of aliphatic carboxylic acids is 1. The third-order valence-corrected chi connectivity index (χ3v) is 2.85. The van der Waals surface area contributed by atoms with Gasteiger partial charge >= 0.3 is 5.97 Å². The third kappa shape index (κ3) is 4.44. The zero-order chi connectivity index (χ0) is 14.4. The van der Waals surface area contributed by atoms with E-state index in [1.54, 1.807) is 6.07 Å². The molecule has 5 nitrogen and oxygen atoms in total. The molecule has 0 saturated carbocycles. The van der Waals surface area contributed by atoms with Gasteiger partial charge in [-0.1, -0.05) is 19.9 Å². The van der Waals surface area contributed by atoms with Crippen LogP contribution in [0.25, 0.3) is 0 Å². The number of phenols is 1. The van der Waals surface area contributed by atoms with E-state index in [4.69, 9.17) is 4.74 Å². The molecule has 19 heavy (non-hydrogen) atoms. The van der Waals surface area contributed by atoms with Crippen LogP contribution in [0.15, 0.2) is 18.2 Å². The fraction of sp³-hybridized carbons (Fsp3) is 0.500. The van der Waals surface area contributed by atoms with Gasteiger partial charge in [-0.05, 0) is 36.6 Å². The first-order chi connectivity index (χ1) is 8.95. The summed E-state index contributed by atoms with van der Waals surface area (Å²) in [5.41, 5.74) is 0.561. The summed E-state index contributed by atoms with van der Waals surface area (Å²) in [6, 6.07) is 3.76. The Bertz CT molecular complexity index is 431. The van der Waals surface area contributed by atoms with Gasteiger partial charge in [0.1, 0.15) is 6.04 Å². The smallest absolute Gasteiger partial charge is 0.325 e. The molecule has 0 radical (unpaired) electrons. The van der Waals surface area contributed by atoms with Crippen LogP contribution in [-0.2, 0) is 4.79 Å². The summed E-state index contributed by atoms with van der Waals surface area (Å²) in [4.78, 5) is 11.3. The first kappa shape index (κ1) is 15.3. The Labute approximate surface area is 113 Å². The normalized spacial score (nSPS) is 12.4. The number of nitrogens with one attached hydrogen (secondary N) is 1. The molecule has 0 spiro atoms. The van der Waals surface area contributed by atoms with Crippen molar-refractivity contribution in [1.82, 2.24) is 5.32 Å². The molecule has 3 N–H and O–H groups in total. The summed E-state index contributed by atoms with van der Waals surface area (Å²) < 4.78 is 4.99. The Morgan fingerprint density at radius 3 is 2.63 bits per heavy atom. The highest BCUT2D eigenvalue weighted by Gasteiger charge is 2.20. The number of carboxylic acid groups (broad SMARTS) is 1. The number of carbonyl (C=O) groups is 1. The van der Waals surface area contributed by atoms with Gasteiger partial charge in [0.05, 0.1) is 7.11 Å². The number of methoxy groups -OCH3 is 1. The molecule has 0 bridgehead atoms. The maximum atomic E-state index is 11.3. The summed E-state index contributed by atoms with van der Waals surface area (Å²) in [7, 11) is 1.43. The van der Waals surface area contributed by atoms with Crippen LogP contribution in [0.2, 0.25) is 0 Å². The van der Waals surface area contributed by atoms with E-state index in [9.17, 15) is 15.0 Å². The van der Waals surface area contributed by atoms with Crippen molar-refractivity contribution in [3.63, 3.8) is 0 Å². The van der Waals surface area contributed by atoms with Crippen LogP contribution in [0.1, 0.15) is 31.9 Å². The first-order valence-electron chi connectivity index (χ1n) is 6.28. The second-order valence-corrected chi connectivity index (χ2v) is 4.84. The van der Waals surface area contributed by atoms with Crippen LogP contribution in [0, 0.1) is 5.92 Å². The highest BCUT2D eigenvalue weighted by atomic mass is 16.5. The van der Waals surface area contributed by atoms with E-state index in [0.717, 1.165) is 6.42 Å². The number of benzene rings is 1. The van der Waals surface area contributed by atoms with Gasteiger partial charge in [0.15, 0.2) is 11.5 Å². The Morgan fingerprint density at radius 2 is 2.11 bits per heavy atom. The predicted molar refractivity (Wildman–Crippen MR) is 72.5 cm³/mol. The number of aromatic hydroxyl groups is 1. The minimum absolute atomic E-state index is 0.00225. The van der Waals surface area contributed by atoms with Gasteiger partial charge in [-0.15, -0.1) is 0 Å². The molecule has 5 heteroatoms. The van der Waals surface area contributed by atoms with Crippen molar-refractivity contribution < 1.29 is 19.7 Å². The van der Waals surface area contributed by atoms with E-state index < -0.39 is 12.0 Å². The number of hydrogen-bond donors (Lipinski definition) is 3. The second-order valence-electron chi connectivity index (χ2n) is 4.84. The average molecular weight is 267 g/mol. The molecule has 0 aliphatic carbocycles. The standard InChI is InChI=1S/C14H21NO4/c1-9(2)6-7-15-13(14(17)18)10-4-5-11(16)12(8-10)19-3/h4-5,8-9,13,15-16H,6-7H2,1-3H3,(H,17,18).